The Balaban J connectivity index is 2.74. The van der Waals surface area contributed by atoms with Gasteiger partial charge in [0.25, 0.3) is 0 Å². The van der Waals surface area contributed by atoms with Crippen LogP contribution in [0.1, 0.15) is 5.56 Å². The average molecular weight is 152 g/mol. The van der Waals surface area contributed by atoms with Gasteiger partial charge in [-0.1, -0.05) is 12.1 Å². The maximum atomic E-state index is 10.2. The van der Waals surface area contributed by atoms with E-state index >= 15 is 0 Å². The summed E-state index contributed by atoms with van der Waals surface area (Å²) in [4.78, 5) is 10.2. The van der Waals surface area contributed by atoms with Gasteiger partial charge in [0.2, 0.25) is 0 Å². The van der Waals surface area contributed by atoms with E-state index in [1.54, 1.807) is 24.3 Å². The number of aliphatic carboxylic acids is 1. The molecular formula is C8H10NO2+. The normalized spacial score (nSPS) is 9.55. The second-order valence-electron chi connectivity index (χ2n) is 2.39. The first-order valence-electron chi connectivity index (χ1n) is 3.31. The Morgan fingerprint density at radius 1 is 1.36 bits per heavy atom. The van der Waals surface area contributed by atoms with Crippen LogP contribution >= 0.6 is 0 Å². The fourth-order valence-electron chi connectivity index (χ4n) is 0.832. The molecule has 0 amide bonds. The Morgan fingerprint density at radius 2 is 1.91 bits per heavy atom. The molecule has 1 aromatic carbocycles. The van der Waals surface area contributed by atoms with Crippen molar-refractivity contribution >= 4 is 11.7 Å². The standard InChI is InChI=1S/C8H9NO2/c9-7-3-1-6(2-4-7)5-8(10)11/h1-4H,5,9H2,(H,10,11)/p+1. The van der Waals surface area contributed by atoms with Crippen molar-refractivity contribution in [3.63, 3.8) is 0 Å². The van der Waals surface area contributed by atoms with E-state index in [2.05, 4.69) is 5.73 Å². The zero-order valence-corrected chi connectivity index (χ0v) is 6.08. The molecule has 1 rings (SSSR count). The highest BCUT2D eigenvalue weighted by atomic mass is 16.4. The molecule has 0 saturated heterocycles. The Bertz CT molecular complexity index is 253. The molecule has 0 radical (unpaired) electrons. The third-order valence-corrected chi connectivity index (χ3v) is 1.38. The summed E-state index contributed by atoms with van der Waals surface area (Å²) in [5.74, 6) is -0.804. The highest BCUT2D eigenvalue weighted by molar-refractivity contribution is 5.70. The minimum Gasteiger partial charge on any atom is -0.481 e. The van der Waals surface area contributed by atoms with Crippen molar-refractivity contribution in [1.82, 2.24) is 0 Å². The van der Waals surface area contributed by atoms with Crippen LogP contribution in [0.25, 0.3) is 0 Å². The first kappa shape index (κ1) is 7.75. The number of benzene rings is 1. The largest absolute Gasteiger partial charge is 0.481 e. The summed E-state index contributed by atoms with van der Waals surface area (Å²) in [6, 6.07) is 7.16. The topological polar surface area (TPSA) is 64.9 Å². The van der Waals surface area contributed by atoms with Crippen LogP contribution in [0.5, 0.6) is 0 Å². The van der Waals surface area contributed by atoms with Crippen molar-refractivity contribution in [1.29, 1.82) is 0 Å². The number of carboxylic acids is 1. The van der Waals surface area contributed by atoms with Crippen LogP contribution < -0.4 is 5.73 Å². The third kappa shape index (κ3) is 2.39. The number of hydrogen-bond donors (Lipinski definition) is 2. The monoisotopic (exact) mass is 152 g/mol. The number of quaternary nitrogens is 1. The molecule has 58 valence electrons. The molecule has 0 bridgehead atoms. The van der Waals surface area contributed by atoms with E-state index in [-0.39, 0.29) is 6.42 Å². The van der Waals surface area contributed by atoms with Crippen LogP contribution in [-0.4, -0.2) is 11.1 Å². The lowest BCUT2D eigenvalue weighted by atomic mass is 10.1. The van der Waals surface area contributed by atoms with Crippen LogP contribution in [0.2, 0.25) is 0 Å². The molecule has 0 saturated carbocycles. The Labute approximate surface area is 64.5 Å². The highest BCUT2D eigenvalue weighted by Crippen LogP contribution is 2.04. The first-order chi connectivity index (χ1) is 5.18. The summed E-state index contributed by atoms with van der Waals surface area (Å²) < 4.78 is 0. The molecule has 0 heterocycles. The fraction of sp³-hybridized carbons (Fsp3) is 0.125. The molecule has 3 nitrogen and oxygen atoms in total. The number of carboxylic acid groups (broad SMARTS) is 1. The van der Waals surface area contributed by atoms with Gasteiger partial charge in [-0.05, 0) is 17.7 Å². The molecule has 11 heavy (non-hydrogen) atoms. The van der Waals surface area contributed by atoms with Gasteiger partial charge in [0, 0.05) is 0 Å². The molecule has 3 heteroatoms. The van der Waals surface area contributed by atoms with Gasteiger partial charge in [-0.15, -0.1) is 0 Å². The lowest BCUT2D eigenvalue weighted by Gasteiger charge is -1.94. The smallest absolute Gasteiger partial charge is 0.307 e. The molecule has 1 aromatic rings. The summed E-state index contributed by atoms with van der Waals surface area (Å²) in [6.45, 7) is 0. The van der Waals surface area contributed by atoms with Gasteiger partial charge >= 0.3 is 5.97 Å². The maximum absolute atomic E-state index is 10.2. The number of carbonyl (C=O) groups is 1. The Hall–Kier alpha value is -1.35. The molecule has 0 fully saturated rings. The van der Waals surface area contributed by atoms with Crippen molar-refractivity contribution in [2.24, 2.45) is 0 Å². The third-order valence-electron chi connectivity index (χ3n) is 1.38. The molecule has 0 aromatic heterocycles. The molecule has 0 unspecified atom stereocenters. The number of rotatable bonds is 2. The van der Waals surface area contributed by atoms with E-state index in [1.165, 1.54) is 0 Å². The van der Waals surface area contributed by atoms with E-state index in [4.69, 9.17) is 5.11 Å². The maximum Gasteiger partial charge on any atom is 0.307 e. The van der Waals surface area contributed by atoms with Gasteiger partial charge in [-0.3, -0.25) is 4.79 Å². The van der Waals surface area contributed by atoms with Gasteiger partial charge in [0.05, 0.1) is 6.42 Å². The predicted octanol–water partition coefficient (Wildman–Crippen LogP) is 0.187. The summed E-state index contributed by atoms with van der Waals surface area (Å²) >= 11 is 0. The number of hydrogen-bond acceptors (Lipinski definition) is 1. The molecule has 4 N–H and O–H groups in total. The first-order valence-corrected chi connectivity index (χ1v) is 3.31. The van der Waals surface area contributed by atoms with Crippen LogP contribution in [0.3, 0.4) is 0 Å². The molecule has 0 aliphatic rings. The van der Waals surface area contributed by atoms with Crippen molar-refractivity contribution in [3.05, 3.63) is 29.8 Å². The van der Waals surface area contributed by atoms with Crippen LogP contribution in [0.4, 0.5) is 5.69 Å². The highest BCUT2D eigenvalue weighted by Gasteiger charge is 1.98. The van der Waals surface area contributed by atoms with Crippen molar-refractivity contribution in [3.8, 4) is 0 Å². The predicted molar refractivity (Wildman–Crippen MR) is 40.3 cm³/mol. The second kappa shape index (κ2) is 3.16. The average Bonchev–Trinajstić information content (AvgIpc) is 1.93. The van der Waals surface area contributed by atoms with Crippen molar-refractivity contribution < 1.29 is 15.6 Å². The molecular weight excluding hydrogens is 142 g/mol. The van der Waals surface area contributed by atoms with E-state index in [9.17, 15) is 4.79 Å². The lowest BCUT2D eigenvalue weighted by Crippen LogP contribution is -2.39. The van der Waals surface area contributed by atoms with Crippen molar-refractivity contribution in [2.75, 3.05) is 0 Å². The SMILES string of the molecule is [NH3+]c1ccc(CC(=O)O)cc1. The Kier molecular flexibility index (Phi) is 2.23. The van der Waals surface area contributed by atoms with Crippen molar-refractivity contribution in [2.45, 2.75) is 6.42 Å². The molecule has 0 spiro atoms. The molecule has 0 atom stereocenters. The fourth-order valence-corrected chi connectivity index (χ4v) is 0.832. The zero-order chi connectivity index (χ0) is 8.27. The summed E-state index contributed by atoms with van der Waals surface area (Å²) in [5.41, 5.74) is 5.41. The quantitative estimate of drug-likeness (QED) is 0.635. The van der Waals surface area contributed by atoms with Gasteiger partial charge < -0.3 is 10.8 Å². The van der Waals surface area contributed by atoms with E-state index in [1.807, 2.05) is 0 Å². The van der Waals surface area contributed by atoms with E-state index in [0.29, 0.717) is 0 Å². The van der Waals surface area contributed by atoms with Gasteiger partial charge in [-0.2, -0.15) is 0 Å². The van der Waals surface area contributed by atoms with Crippen LogP contribution in [0.15, 0.2) is 24.3 Å². The van der Waals surface area contributed by atoms with Gasteiger partial charge in [0.1, 0.15) is 5.69 Å². The minimum atomic E-state index is -0.804. The van der Waals surface area contributed by atoms with Gasteiger partial charge in [-0.25, -0.2) is 0 Å². The zero-order valence-electron chi connectivity index (χ0n) is 6.08. The molecule has 0 aliphatic carbocycles. The summed E-state index contributed by atoms with van der Waals surface area (Å²) in [5, 5.41) is 8.42. The minimum absolute atomic E-state index is 0.0836. The van der Waals surface area contributed by atoms with Crippen LogP contribution in [0, 0.1) is 0 Å². The van der Waals surface area contributed by atoms with E-state index < -0.39 is 5.97 Å². The summed E-state index contributed by atoms with van der Waals surface area (Å²) in [7, 11) is 0. The molecule has 0 aliphatic heterocycles. The van der Waals surface area contributed by atoms with Gasteiger partial charge in [0.15, 0.2) is 0 Å². The second-order valence-corrected chi connectivity index (χ2v) is 2.39. The van der Waals surface area contributed by atoms with Crippen LogP contribution in [-0.2, 0) is 11.2 Å². The summed E-state index contributed by atoms with van der Waals surface area (Å²) in [6.07, 6.45) is 0.0836. The van der Waals surface area contributed by atoms with E-state index in [0.717, 1.165) is 11.3 Å². The Morgan fingerprint density at radius 3 is 2.36 bits per heavy atom. The lowest BCUT2D eigenvalue weighted by molar-refractivity contribution is -0.254.